The Balaban J connectivity index is 2.81. The zero-order chi connectivity index (χ0) is 13.3. The highest BCUT2D eigenvalue weighted by atomic mass is 79.9. The summed E-state index contributed by atoms with van der Waals surface area (Å²) in [4.78, 5) is 28.4. The van der Waals surface area contributed by atoms with E-state index in [2.05, 4.69) is 46.9 Å². The number of azide groups is 1. The van der Waals surface area contributed by atoms with Crippen LogP contribution < -0.4 is 5.43 Å². The van der Waals surface area contributed by atoms with Gasteiger partial charge in [-0.05, 0) is 38.7 Å². The summed E-state index contributed by atoms with van der Waals surface area (Å²) in [7, 11) is 0. The third-order valence-electron chi connectivity index (χ3n) is 2.21. The van der Waals surface area contributed by atoms with Crippen molar-refractivity contribution in [1.82, 2.24) is 4.98 Å². The average Bonchev–Trinajstić information content (AvgIpc) is 2.27. The number of fused-ring (bicyclic) bond motifs is 1. The van der Waals surface area contributed by atoms with Crippen LogP contribution >= 0.6 is 31.9 Å². The molecule has 90 valence electrons. The number of aromatic amines is 1. The summed E-state index contributed by atoms with van der Waals surface area (Å²) in [6.45, 7) is 0. The maximum atomic E-state index is 11.9. The highest BCUT2D eigenvalue weighted by Gasteiger charge is 2.10. The van der Waals surface area contributed by atoms with Crippen LogP contribution in [0.25, 0.3) is 21.3 Å². The standard InChI is InChI=1S/C10H4Br2N4O2/c11-4-1-5(12)9-6(2-4)14-7(3-8(9)17)10(18)15-16-13/h1-3H,(H,14,17). The van der Waals surface area contributed by atoms with Gasteiger partial charge in [0.05, 0.1) is 16.6 Å². The van der Waals surface area contributed by atoms with Crippen LogP contribution in [0.1, 0.15) is 10.5 Å². The summed E-state index contributed by atoms with van der Waals surface area (Å²) in [6.07, 6.45) is 0. The summed E-state index contributed by atoms with van der Waals surface area (Å²) in [5, 5.41) is 3.36. The second-order valence-electron chi connectivity index (χ2n) is 3.35. The van der Waals surface area contributed by atoms with Crippen molar-refractivity contribution in [2.75, 3.05) is 0 Å². The molecule has 18 heavy (non-hydrogen) atoms. The van der Waals surface area contributed by atoms with E-state index in [1.165, 1.54) is 0 Å². The number of halogens is 2. The van der Waals surface area contributed by atoms with E-state index < -0.39 is 5.91 Å². The van der Waals surface area contributed by atoms with E-state index in [0.29, 0.717) is 15.4 Å². The Bertz CT molecular complexity index is 762. The number of H-pyrrole nitrogens is 1. The van der Waals surface area contributed by atoms with Crippen molar-refractivity contribution in [3.63, 3.8) is 0 Å². The number of carbonyl (C=O) groups excluding carboxylic acids is 1. The molecule has 0 aliphatic rings. The van der Waals surface area contributed by atoms with Gasteiger partial charge in [0, 0.05) is 19.9 Å². The average molecular weight is 372 g/mol. The Morgan fingerprint density at radius 1 is 1.33 bits per heavy atom. The van der Waals surface area contributed by atoms with Crippen molar-refractivity contribution in [1.29, 1.82) is 0 Å². The first-order valence-electron chi connectivity index (χ1n) is 4.64. The number of rotatable bonds is 1. The van der Waals surface area contributed by atoms with Gasteiger partial charge in [-0.15, -0.1) is 0 Å². The summed E-state index contributed by atoms with van der Waals surface area (Å²) >= 11 is 6.56. The number of nitrogens with zero attached hydrogens (tertiary/aromatic N) is 3. The molecule has 0 bridgehead atoms. The molecular weight excluding hydrogens is 368 g/mol. The fourth-order valence-corrected chi connectivity index (χ4v) is 2.94. The van der Waals surface area contributed by atoms with Crippen molar-refractivity contribution in [3.05, 3.63) is 53.5 Å². The van der Waals surface area contributed by atoms with Crippen molar-refractivity contribution in [2.24, 2.45) is 5.11 Å². The number of carbonyl (C=O) groups is 1. The zero-order valence-corrected chi connectivity index (χ0v) is 11.8. The molecule has 1 aromatic heterocycles. The highest BCUT2D eigenvalue weighted by molar-refractivity contribution is 9.11. The van der Waals surface area contributed by atoms with Crippen LogP contribution in [0.3, 0.4) is 0 Å². The summed E-state index contributed by atoms with van der Waals surface area (Å²) in [5.41, 5.74) is 8.29. The van der Waals surface area contributed by atoms with Gasteiger partial charge in [0.2, 0.25) is 0 Å². The topological polar surface area (TPSA) is 98.7 Å². The third kappa shape index (κ3) is 2.31. The molecule has 0 saturated heterocycles. The molecule has 1 aromatic carbocycles. The Morgan fingerprint density at radius 3 is 2.72 bits per heavy atom. The molecule has 0 fully saturated rings. The van der Waals surface area contributed by atoms with Crippen molar-refractivity contribution >= 4 is 48.7 Å². The van der Waals surface area contributed by atoms with Crippen LogP contribution in [0.5, 0.6) is 0 Å². The first-order valence-corrected chi connectivity index (χ1v) is 6.23. The maximum Gasteiger partial charge on any atom is 0.265 e. The molecule has 0 saturated carbocycles. The Morgan fingerprint density at radius 2 is 2.06 bits per heavy atom. The monoisotopic (exact) mass is 370 g/mol. The molecule has 2 rings (SSSR count). The van der Waals surface area contributed by atoms with E-state index in [1.807, 2.05) is 0 Å². The summed E-state index contributed by atoms with van der Waals surface area (Å²) < 4.78 is 1.35. The fourth-order valence-electron chi connectivity index (χ4n) is 1.52. The van der Waals surface area contributed by atoms with E-state index in [0.717, 1.165) is 10.5 Å². The quantitative estimate of drug-likeness (QED) is 0.471. The lowest BCUT2D eigenvalue weighted by Crippen LogP contribution is -2.09. The van der Waals surface area contributed by atoms with Crippen LogP contribution in [-0.2, 0) is 0 Å². The first-order chi connectivity index (χ1) is 8.52. The van der Waals surface area contributed by atoms with Crippen LogP contribution in [0.2, 0.25) is 0 Å². The number of nitrogens with one attached hydrogen (secondary N) is 1. The minimum absolute atomic E-state index is 0.0460. The Labute approximate surface area is 117 Å². The highest BCUT2D eigenvalue weighted by Crippen LogP contribution is 2.25. The molecule has 8 heteroatoms. The van der Waals surface area contributed by atoms with Crippen LogP contribution in [0.15, 0.2) is 37.1 Å². The van der Waals surface area contributed by atoms with E-state index in [4.69, 9.17) is 5.53 Å². The normalized spacial score (nSPS) is 10.1. The molecule has 0 radical (unpaired) electrons. The number of hydrogen-bond acceptors (Lipinski definition) is 2. The summed E-state index contributed by atoms with van der Waals surface area (Å²) in [5.74, 6) is -0.826. The Kier molecular flexibility index (Phi) is 3.51. The molecule has 0 spiro atoms. The van der Waals surface area contributed by atoms with Crippen LogP contribution in [0.4, 0.5) is 0 Å². The van der Waals surface area contributed by atoms with E-state index >= 15 is 0 Å². The molecule has 1 amide bonds. The molecule has 0 aliphatic carbocycles. The van der Waals surface area contributed by atoms with Crippen molar-refractivity contribution < 1.29 is 4.79 Å². The van der Waals surface area contributed by atoms with Gasteiger partial charge >= 0.3 is 0 Å². The molecule has 2 aromatic rings. The van der Waals surface area contributed by atoms with E-state index in [9.17, 15) is 9.59 Å². The second-order valence-corrected chi connectivity index (χ2v) is 5.12. The molecule has 0 unspecified atom stereocenters. The number of hydrogen-bond donors (Lipinski definition) is 1. The molecule has 1 heterocycles. The van der Waals surface area contributed by atoms with Gasteiger partial charge < -0.3 is 4.98 Å². The van der Waals surface area contributed by atoms with Crippen LogP contribution in [0, 0.1) is 0 Å². The molecular formula is C10H4Br2N4O2. The number of benzene rings is 1. The first kappa shape index (κ1) is 12.8. The maximum absolute atomic E-state index is 11.9. The second kappa shape index (κ2) is 4.93. The van der Waals surface area contributed by atoms with Gasteiger partial charge in [-0.1, -0.05) is 15.9 Å². The summed E-state index contributed by atoms with van der Waals surface area (Å²) in [6, 6.07) is 4.50. The lowest BCUT2D eigenvalue weighted by atomic mass is 10.2. The molecule has 0 atom stereocenters. The predicted octanol–water partition coefficient (Wildman–Crippen LogP) is 3.50. The predicted molar refractivity (Wildman–Crippen MR) is 73.4 cm³/mol. The SMILES string of the molecule is [N-]=[N+]=NC(=O)c1cc(=O)c2c(Br)cc(Br)cc2[nH]1. The molecule has 0 aliphatic heterocycles. The fraction of sp³-hybridized carbons (Fsp3) is 0. The van der Waals surface area contributed by atoms with Crippen molar-refractivity contribution in [3.8, 4) is 0 Å². The van der Waals surface area contributed by atoms with Gasteiger partial charge in [0.15, 0.2) is 5.43 Å². The lowest BCUT2D eigenvalue weighted by molar-refractivity contribution is 0.0996. The lowest BCUT2D eigenvalue weighted by Gasteiger charge is -2.03. The molecule has 6 nitrogen and oxygen atoms in total. The van der Waals surface area contributed by atoms with Gasteiger partial charge in [-0.2, -0.15) is 0 Å². The minimum atomic E-state index is -0.826. The van der Waals surface area contributed by atoms with Gasteiger partial charge in [-0.3, -0.25) is 9.59 Å². The zero-order valence-electron chi connectivity index (χ0n) is 8.65. The third-order valence-corrected chi connectivity index (χ3v) is 3.30. The van der Waals surface area contributed by atoms with Crippen LogP contribution in [-0.4, -0.2) is 10.9 Å². The van der Waals surface area contributed by atoms with E-state index in [1.54, 1.807) is 12.1 Å². The van der Waals surface area contributed by atoms with Gasteiger partial charge in [0.1, 0.15) is 0 Å². The number of pyridine rings is 1. The Hall–Kier alpha value is -1.63. The van der Waals surface area contributed by atoms with Gasteiger partial charge in [0.25, 0.3) is 5.91 Å². The van der Waals surface area contributed by atoms with Crippen molar-refractivity contribution in [2.45, 2.75) is 0 Å². The smallest absolute Gasteiger partial charge is 0.265 e. The van der Waals surface area contributed by atoms with E-state index in [-0.39, 0.29) is 11.1 Å². The minimum Gasteiger partial charge on any atom is -0.352 e. The molecule has 1 N–H and O–H groups in total. The number of amides is 1. The number of aromatic nitrogens is 1. The van der Waals surface area contributed by atoms with Gasteiger partial charge in [-0.25, -0.2) is 0 Å². The largest absolute Gasteiger partial charge is 0.352 e.